The maximum Gasteiger partial charge on any atom is 0.399 e. The van der Waals surface area contributed by atoms with E-state index in [1.54, 1.807) is 12.1 Å². The molecule has 0 heterocycles. The highest BCUT2D eigenvalue weighted by atomic mass is 31.2. The Morgan fingerprint density at radius 2 is 1.51 bits per heavy atom. The van der Waals surface area contributed by atoms with Gasteiger partial charge in [0.25, 0.3) is 5.91 Å². The van der Waals surface area contributed by atoms with Gasteiger partial charge in [-0.3, -0.25) is 18.9 Å². The van der Waals surface area contributed by atoms with E-state index in [9.17, 15) is 32.5 Å². The minimum atomic E-state index is -5.72. The smallest absolute Gasteiger partial charge is 0.352 e. The number of alkyl halides is 2. The number of hydrogen-bond acceptors (Lipinski definition) is 5. The Morgan fingerprint density at radius 3 is 2.02 bits per heavy atom. The van der Waals surface area contributed by atoms with Gasteiger partial charge in [-0.05, 0) is 69.2 Å². The molecule has 12 heteroatoms. The number of Topliss-reactive ketones (excluding diaryl/α,β-unsaturated/α-hetero) is 2. The fourth-order valence-electron chi connectivity index (χ4n) is 4.23. The molecule has 4 N–H and O–H groups in total. The van der Waals surface area contributed by atoms with Crippen LogP contribution in [0.3, 0.4) is 0 Å². The molecule has 2 aromatic carbocycles. The fraction of sp³-hybridized carbons (Fsp3) is 0.448. The number of carbonyl (C=O) groups excluding carboxylic acids is 4. The number of unbranched alkanes of at least 4 members (excludes halogenated alkanes) is 1. The van der Waals surface area contributed by atoms with Crippen LogP contribution in [0.4, 0.5) is 8.78 Å². The van der Waals surface area contributed by atoms with Crippen molar-refractivity contribution < 1.29 is 42.3 Å². The van der Waals surface area contributed by atoms with E-state index in [0.717, 1.165) is 24.1 Å². The van der Waals surface area contributed by atoms with Crippen LogP contribution in [0, 0.1) is 5.92 Å². The summed E-state index contributed by atoms with van der Waals surface area (Å²) in [5, 5.41) is 5.51. The minimum absolute atomic E-state index is 0.0108. The Balaban J connectivity index is 1.94. The lowest BCUT2D eigenvalue weighted by Gasteiger charge is -2.21. The predicted octanol–water partition coefficient (Wildman–Crippen LogP) is 4.29. The predicted molar refractivity (Wildman–Crippen MR) is 149 cm³/mol. The lowest BCUT2D eigenvalue weighted by molar-refractivity contribution is -0.131. The Kier molecular flexibility index (Phi) is 12.5. The Bertz CT molecular complexity index is 1260. The van der Waals surface area contributed by atoms with Crippen LogP contribution in [0.5, 0.6) is 0 Å². The molecule has 2 atom stereocenters. The van der Waals surface area contributed by atoms with Crippen molar-refractivity contribution in [3.63, 3.8) is 0 Å². The third-order valence-electron chi connectivity index (χ3n) is 6.69. The van der Waals surface area contributed by atoms with Gasteiger partial charge in [-0.1, -0.05) is 43.3 Å². The SMILES string of the molecule is CCc1ccc(C(=O)NCCCCC(NC(=O)C(CC(C)=O)Cc2ccc(C(F)(F)P(=O)(O)O)cc2)C(C)=O)cc1. The summed E-state index contributed by atoms with van der Waals surface area (Å²) in [6, 6.07) is 10.7. The number of nitrogens with one attached hydrogen (secondary N) is 2. The van der Waals surface area contributed by atoms with Crippen molar-refractivity contribution in [2.24, 2.45) is 5.92 Å². The summed E-state index contributed by atoms with van der Waals surface area (Å²) in [5.74, 6) is -2.19. The summed E-state index contributed by atoms with van der Waals surface area (Å²) < 4.78 is 39.0. The first-order valence-electron chi connectivity index (χ1n) is 13.4. The van der Waals surface area contributed by atoms with E-state index in [0.29, 0.717) is 36.9 Å². The van der Waals surface area contributed by atoms with Gasteiger partial charge in [0, 0.05) is 30.0 Å². The van der Waals surface area contributed by atoms with E-state index in [4.69, 9.17) is 9.79 Å². The molecule has 0 aliphatic rings. The summed E-state index contributed by atoms with van der Waals surface area (Å²) >= 11 is 0. The van der Waals surface area contributed by atoms with E-state index in [1.165, 1.54) is 26.0 Å². The van der Waals surface area contributed by atoms with Crippen LogP contribution >= 0.6 is 7.60 Å². The molecule has 0 fully saturated rings. The number of halogens is 2. The zero-order chi connectivity index (χ0) is 30.8. The van der Waals surface area contributed by atoms with E-state index in [2.05, 4.69) is 10.6 Å². The van der Waals surface area contributed by atoms with E-state index in [1.807, 2.05) is 19.1 Å². The van der Waals surface area contributed by atoms with Gasteiger partial charge in [0.1, 0.15) is 5.78 Å². The molecule has 41 heavy (non-hydrogen) atoms. The lowest BCUT2D eigenvalue weighted by Crippen LogP contribution is -2.43. The second kappa shape index (κ2) is 15.1. The van der Waals surface area contributed by atoms with E-state index >= 15 is 0 Å². The first kappa shape index (κ1) is 33.9. The van der Waals surface area contributed by atoms with Crippen molar-refractivity contribution >= 4 is 31.0 Å². The zero-order valence-corrected chi connectivity index (χ0v) is 24.3. The Hall–Kier alpha value is -3.27. The molecular weight excluding hydrogens is 557 g/mol. The summed E-state index contributed by atoms with van der Waals surface area (Å²) in [5.41, 5.74) is -3.15. The van der Waals surface area contributed by atoms with Crippen molar-refractivity contribution in [3.05, 3.63) is 70.8 Å². The summed E-state index contributed by atoms with van der Waals surface area (Å²) in [6.07, 6.45) is 2.14. The topological polar surface area (TPSA) is 150 Å². The maximum atomic E-state index is 13.9. The third-order valence-corrected chi connectivity index (χ3v) is 7.68. The number of aryl methyl sites for hydroxylation is 1. The number of benzene rings is 2. The average molecular weight is 595 g/mol. The van der Waals surface area contributed by atoms with Crippen LogP contribution in [0.1, 0.15) is 73.5 Å². The van der Waals surface area contributed by atoms with Crippen molar-refractivity contribution in [1.82, 2.24) is 10.6 Å². The van der Waals surface area contributed by atoms with Gasteiger partial charge in [-0.15, -0.1) is 0 Å². The normalized spacial score (nSPS) is 13.2. The molecule has 0 radical (unpaired) electrons. The molecule has 9 nitrogen and oxygen atoms in total. The van der Waals surface area contributed by atoms with Crippen molar-refractivity contribution in [3.8, 4) is 0 Å². The molecule has 0 aromatic heterocycles. The molecular formula is C29H37F2N2O7P. The second-order valence-electron chi connectivity index (χ2n) is 10.1. The van der Waals surface area contributed by atoms with Crippen molar-refractivity contribution in [2.45, 2.75) is 71.0 Å². The largest absolute Gasteiger partial charge is 0.399 e. The second-order valence-corrected chi connectivity index (χ2v) is 11.7. The molecule has 0 aliphatic heterocycles. The quantitative estimate of drug-likeness (QED) is 0.167. The van der Waals surface area contributed by atoms with Gasteiger partial charge in [0.2, 0.25) is 5.91 Å². The molecule has 0 bridgehead atoms. The Morgan fingerprint density at radius 1 is 0.927 bits per heavy atom. The van der Waals surface area contributed by atoms with Gasteiger partial charge >= 0.3 is 13.3 Å². The number of ketones is 2. The highest BCUT2D eigenvalue weighted by Gasteiger charge is 2.50. The molecule has 0 saturated carbocycles. The molecule has 224 valence electrons. The van der Waals surface area contributed by atoms with Crippen molar-refractivity contribution in [2.75, 3.05) is 6.54 Å². The van der Waals surface area contributed by atoms with Gasteiger partial charge < -0.3 is 25.2 Å². The number of carbonyl (C=O) groups is 4. The molecule has 2 unspecified atom stereocenters. The molecule has 0 saturated heterocycles. The number of amides is 2. The van der Waals surface area contributed by atoms with Crippen LogP contribution in [-0.4, -0.2) is 45.8 Å². The lowest BCUT2D eigenvalue weighted by atomic mass is 9.92. The zero-order valence-electron chi connectivity index (χ0n) is 23.4. The Labute approximate surface area is 238 Å². The van der Waals surface area contributed by atoms with Gasteiger partial charge in [-0.2, -0.15) is 8.78 Å². The standard InChI is InChI=1S/C29H37F2N2O7P/c1-4-21-8-12-23(13-9-21)27(36)32-16-6-5-7-26(20(3)35)33-28(37)24(17-19(2)34)18-22-10-14-25(15-11-22)29(30,31)41(38,39)40/h8-15,24,26H,4-7,16-18H2,1-3H3,(H,32,36)(H,33,37)(H2,38,39,40). The minimum Gasteiger partial charge on any atom is -0.352 e. The molecule has 2 amide bonds. The summed E-state index contributed by atoms with van der Waals surface area (Å²) in [7, 11) is -5.72. The van der Waals surface area contributed by atoms with Crippen LogP contribution in [0.25, 0.3) is 0 Å². The molecule has 2 aromatic rings. The van der Waals surface area contributed by atoms with Crippen LogP contribution in [-0.2, 0) is 37.5 Å². The van der Waals surface area contributed by atoms with Crippen LogP contribution in [0.2, 0.25) is 0 Å². The van der Waals surface area contributed by atoms with Crippen LogP contribution < -0.4 is 10.6 Å². The first-order chi connectivity index (χ1) is 19.2. The fourth-order valence-corrected chi connectivity index (χ4v) is 4.72. The van der Waals surface area contributed by atoms with E-state index < -0.39 is 36.7 Å². The monoisotopic (exact) mass is 594 g/mol. The van der Waals surface area contributed by atoms with Gasteiger partial charge in [0.15, 0.2) is 5.78 Å². The summed E-state index contributed by atoms with van der Waals surface area (Å²) in [4.78, 5) is 67.2. The first-order valence-corrected chi connectivity index (χ1v) is 15.0. The highest BCUT2D eigenvalue weighted by molar-refractivity contribution is 7.52. The average Bonchev–Trinajstić information content (AvgIpc) is 2.91. The van der Waals surface area contributed by atoms with E-state index in [-0.39, 0.29) is 30.3 Å². The molecule has 0 aliphatic carbocycles. The molecule has 0 spiro atoms. The number of hydrogen-bond donors (Lipinski definition) is 4. The van der Waals surface area contributed by atoms with Gasteiger partial charge in [0.05, 0.1) is 6.04 Å². The maximum absolute atomic E-state index is 13.9. The highest BCUT2D eigenvalue weighted by Crippen LogP contribution is 2.59. The number of rotatable bonds is 16. The van der Waals surface area contributed by atoms with Gasteiger partial charge in [-0.25, -0.2) is 0 Å². The van der Waals surface area contributed by atoms with Crippen LogP contribution in [0.15, 0.2) is 48.5 Å². The van der Waals surface area contributed by atoms with Crippen molar-refractivity contribution in [1.29, 1.82) is 0 Å². The third kappa shape index (κ3) is 10.3. The molecule has 2 rings (SSSR count). The summed E-state index contributed by atoms with van der Waals surface area (Å²) in [6.45, 7) is 5.06.